The van der Waals surface area contributed by atoms with E-state index in [0.29, 0.717) is 34.3 Å². The maximum absolute atomic E-state index is 12.4. The molecule has 6 rings (SSSR count). The molecule has 0 aromatic carbocycles. The van der Waals surface area contributed by atoms with E-state index in [4.69, 9.17) is 4.74 Å². The van der Waals surface area contributed by atoms with Crippen molar-refractivity contribution in [2.45, 2.75) is 144 Å². The van der Waals surface area contributed by atoms with E-state index in [2.05, 4.69) is 82.1 Å². The highest BCUT2D eigenvalue weighted by atomic mass is 127. The summed E-state index contributed by atoms with van der Waals surface area (Å²) in [5.41, 5.74) is 4.99. The molecule has 1 N–H and O–H groups in total. The van der Waals surface area contributed by atoms with Gasteiger partial charge < -0.3 is 10.1 Å². The number of carbonyl (C=O) groups excluding carboxylic acids is 1. The van der Waals surface area contributed by atoms with Crippen LogP contribution >= 0.6 is 22.6 Å². The van der Waals surface area contributed by atoms with Crippen LogP contribution in [0.5, 0.6) is 0 Å². The van der Waals surface area contributed by atoms with Gasteiger partial charge >= 0.3 is 5.97 Å². The Kier molecular flexibility index (Phi) is 9.59. The standard InChI is InChI=1S/C41H66INO2/c1-9-45-36(44)29-12-10-28(11-13-29)26-30-16-19-38(6)33(37(30,4)5)18-20-40(8)34(38)15-14-32-35-31(27(2)3)17-21-41(35,43-25-24-42)23-22-39(32,40)7/h16,28-29,31-35,43H,2,9-15,17-26H2,1,3-8H3/t28?,29?,31-,32+,33-,34+,35+,38-,39+,40+,41-/m0/s1. The Morgan fingerprint density at radius 1 is 0.933 bits per heavy atom. The van der Waals surface area contributed by atoms with Crippen molar-refractivity contribution in [1.82, 2.24) is 5.32 Å². The lowest BCUT2D eigenvalue weighted by Crippen LogP contribution is -2.68. The smallest absolute Gasteiger partial charge is 0.308 e. The first-order valence-corrected chi connectivity index (χ1v) is 20.6. The fourth-order valence-corrected chi connectivity index (χ4v) is 14.2. The molecule has 0 aliphatic heterocycles. The van der Waals surface area contributed by atoms with Crippen molar-refractivity contribution in [1.29, 1.82) is 0 Å². The molecule has 254 valence electrons. The van der Waals surface area contributed by atoms with Crippen LogP contribution in [-0.2, 0) is 9.53 Å². The minimum atomic E-state index is 0.0428. The number of ether oxygens (including phenoxy) is 1. The van der Waals surface area contributed by atoms with Gasteiger partial charge in [-0.1, -0.05) is 81.0 Å². The number of rotatable bonds is 8. The molecule has 3 nitrogen and oxygen atoms in total. The summed E-state index contributed by atoms with van der Waals surface area (Å²) in [5, 5.41) is 4.20. The first-order valence-electron chi connectivity index (χ1n) is 19.1. The predicted molar refractivity (Wildman–Crippen MR) is 196 cm³/mol. The molecule has 0 aromatic heterocycles. The van der Waals surface area contributed by atoms with E-state index in [0.717, 1.165) is 49.0 Å². The zero-order valence-electron chi connectivity index (χ0n) is 30.0. The number of carbonyl (C=O) groups is 1. The Labute approximate surface area is 290 Å². The van der Waals surface area contributed by atoms with Gasteiger partial charge in [-0.2, -0.15) is 0 Å². The van der Waals surface area contributed by atoms with Gasteiger partial charge in [-0.3, -0.25) is 4.79 Å². The van der Waals surface area contributed by atoms with E-state index in [-0.39, 0.29) is 17.3 Å². The molecule has 0 heterocycles. The van der Waals surface area contributed by atoms with Crippen LogP contribution in [0.1, 0.15) is 138 Å². The second kappa shape index (κ2) is 12.5. The highest BCUT2D eigenvalue weighted by Crippen LogP contribution is 2.76. The van der Waals surface area contributed by atoms with Crippen molar-refractivity contribution < 1.29 is 9.53 Å². The zero-order valence-corrected chi connectivity index (χ0v) is 32.2. The molecule has 6 aliphatic carbocycles. The normalized spacial score (nSPS) is 47.0. The van der Waals surface area contributed by atoms with Crippen LogP contribution in [0.3, 0.4) is 0 Å². The Hall–Kier alpha value is -0.360. The van der Waals surface area contributed by atoms with E-state index in [1.807, 2.05) is 6.92 Å². The zero-order chi connectivity index (χ0) is 32.4. The van der Waals surface area contributed by atoms with Gasteiger partial charge in [-0.15, -0.1) is 0 Å². The summed E-state index contributed by atoms with van der Waals surface area (Å²) in [5.74, 6) is 4.73. The predicted octanol–water partition coefficient (Wildman–Crippen LogP) is 10.7. The van der Waals surface area contributed by atoms with Crippen LogP contribution in [0.25, 0.3) is 0 Å². The average molecular weight is 732 g/mol. The lowest BCUT2D eigenvalue weighted by Gasteiger charge is -2.72. The Morgan fingerprint density at radius 3 is 2.33 bits per heavy atom. The molecule has 0 bridgehead atoms. The molecular formula is C41H66INO2. The molecular weight excluding hydrogens is 665 g/mol. The molecule has 4 heteroatoms. The van der Waals surface area contributed by atoms with Crippen LogP contribution in [0.15, 0.2) is 23.8 Å². The first kappa shape index (κ1) is 34.5. The van der Waals surface area contributed by atoms with E-state index in [1.165, 1.54) is 87.1 Å². The third-order valence-electron chi connectivity index (χ3n) is 16.4. The number of alkyl halides is 1. The quantitative estimate of drug-likeness (QED) is 0.117. The van der Waals surface area contributed by atoms with Crippen molar-refractivity contribution in [2.24, 2.45) is 63.1 Å². The summed E-state index contributed by atoms with van der Waals surface area (Å²) in [6, 6.07) is 0. The summed E-state index contributed by atoms with van der Waals surface area (Å²) in [7, 11) is 0. The van der Waals surface area contributed by atoms with Crippen LogP contribution in [0.4, 0.5) is 0 Å². The number of esters is 1. The van der Waals surface area contributed by atoms with Gasteiger partial charge in [0.2, 0.25) is 0 Å². The third-order valence-corrected chi connectivity index (χ3v) is 16.9. The van der Waals surface area contributed by atoms with Gasteiger partial charge in [0.15, 0.2) is 0 Å². The molecule has 45 heavy (non-hydrogen) atoms. The molecule has 0 unspecified atom stereocenters. The number of hydrogen-bond acceptors (Lipinski definition) is 3. The first-order chi connectivity index (χ1) is 21.3. The topological polar surface area (TPSA) is 38.3 Å². The van der Waals surface area contributed by atoms with Gasteiger partial charge in [0, 0.05) is 16.5 Å². The summed E-state index contributed by atoms with van der Waals surface area (Å²) in [6.45, 7) is 24.1. The second-order valence-corrected chi connectivity index (χ2v) is 19.4. The highest BCUT2D eigenvalue weighted by molar-refractivity contribution is 14.1. The van der Waals surface area contributed by atoms with Crippen molar-refractivity contribution >= 4 is 28.6 Å². The lowest BCUT2D eigenvalue weighted by molar-refractivity contribution is -0.221. The summed E-state index contributed by atoms with van der Waals surface area (Å²) < 4.78 is 6.56. The van der Waals surface area contributed by atoms with Crippen molar-refractivity contribution in [3.05, 3.63) is 23.8 Å². The number of halogens is 1. The SMILES string of the molecule is C=C(C)[C@@H]1CC[C@]2(NCCI)CC[C@]3(C)[C@H](CC[C@@H]4[C@@]5(C)CC=C(CC6CCC(C(=O)OCC)CC6)C(C)(C)[C@@H]5CC[C@]43C)[C@@H]12. The van der Waals surface area contributed by atoms with Gasteiger partial charge in [0.05, 0.1) is 12.5 Å². The van der Waals surface area contributed by atoms with Crippen LogP contribution < -0.4 is 5.32 Å². The fourth-order valence-electron chi connectivity index (χ4n) is 13.9. The number of hydrogen-bond donors (Lipinski definition) is 1. The maximum Gasteiger partial charge on any atom is 0.308 e. The Bertz CT molecular complexity index is 1170. The number of nitrogens with one attached hydrogen (secondary N) is 1. The molecule has 0 amide bonds. The molecule has 0 aromatic rings. The fraction of sp³-hybridized carbons (Fsp3) is 0.878. The minimum absolute atomic E-state index is 0.0428. The van der Waals surface area contributed by atoms with Gasteiger partial charge in [-0.05, 0) is 161 Å². The van der Waals surface area contributed by atoms with Crippen molar-refractivity contribution in [3.63, 3.8) is 0 Å². The van der Waals surface area contributed by atoms with Crippen molar-refractivity contribution in [2.75, 3.05) is 17.6 Å². The Morgan fingerprint density at radius 2 is 1.67 bits per heavy atom. The monoisotopic (exact) mass is 731 g/mol. The highest BCUT2D eigenvalue weighted by Gasteiger charge is 2.70. The van der Waals surface area contributed by atoms with E-state index in [1.54, 1.807) is 5.57 Å². The largest absolute Gasteiger partial charge is 0.466 e. The van der Waals surface area contributed by atoms with Gasteiger partial charge in [0.25, 0.3) is 0 Å². The van der Waals surface area contributed by atoms with E-state index < -0.39 is 0 Å². The number of allylic oxidation sites excluding steroid dienone is 3. The van der Waals surface area contributed by atoms with Gasteiger partial charge in [-0.25, -0.2) is 0 Å². The Balaban J connectivity index is 1.23. The van der Waals surface area contributed by atoms with E-state index in [9.17, 15) is 4.79 Å². The van der Waals surface area contributed by atoms with Crippen molar-refractivity contribution in [3.8, 4) is 0 Å². The lowest BCUT2D eigenvalue weighted by atomic mass is 9.33. The average Bonchev–Trinajstić information content (AvgIpc) is 3.38. The maximum atomic E-state index is 12.4. The van der Waals surface area contributed by atoms with Crippen LogP contribution in [0, 0.1) is 63.1 Å². The second-order valence-electron chi connectivity index (χ2n) is 18.3. The summed E-state index contributed by atoms with van der Waals surface area (Å²) in [4.78, 5) is 12.4. The summed E-state index contributed by atoms with van der Waals surface area (Å²) in [6.07, 6.45) is 20.7. The molecule has 0 radical (unpaired) electrons. The molecule has 0 spiro atoms. The molecule has 9 atom stereocenters. The number of fused-ring (bicyclic) bond motifs is 7. The van der Waals surface area contributed by atoms with Crippen LogP contribution in [0.2, 0.25) is 0 Å². The van der Waals surface area contributed by atoms with E-state index >= 15 is 0 Å². The third kappa shape index (κ3) is 5.38. The molecule has 5 saturated carbocycles. The molecule has 0 saturated heterocycles. The van der Waals surface area contributed by atoms with Gasteiger partial charge in [0.1, 0.15) is 0 Å². The minimum Gasteiger partial charge on any atom is -0.466 e. The molecule has 5 fully saturated rings. The molecule has 6 aliphatic rings. The summed E-state index contributed by atoms with van der Waals surface area (Å²) >= 11 is 2.56. The van der Waals surface area contributed by atoms with Crippen LogP contribution in [-0.4, -0.2) is 29.1 Å².